The van der Waals surface area contributed by atoms with Gasteiger partial charge in [0, 0.05) is 30.4 Å². The highest BCUT2D eigenvalue weighted by Gasteiger charge is 2.54. The lowest BCUT2D eigenvalue weighted by atomic mass is 9.98. The lowest BCUT2D eigenvalue weighted by molar-refractivity contribution is -0.298. The summed E-state index contributed by atoms with van der Waals surface area (Å²) in [6.45, 7) is -0.739. The van der Waals surface area contributed by atoms with Crippen LogP contribution in [0.3, 0.4) is 0 Å². The Kier molecular flexibility index (Phi) is 22.8. The van der Waals surface area contributed by atoms with Gasteiger partial charge in [-0.1, -0.05) is 30.3 Å². The Hall–Kier alpha value is -9.89. The van der Waals surface area contributed by atoms with Crippen molar-refractivity contribution in [1.29, 1.82) is 0 Å². The molecule has 6 rings (SSSR count). The Morgan fingerprint density at radius 1 is 0.329 bits per heavy atom. The smallest absolute Gasteiger partial charge is 0.333 e. The van der Waals surface area contributed by atoms with Gasteiger partial charge in [0.1, 0.15) is 12.7 Å². The van der Waals surface area contributed by atoms with E-state index in [2.05, 4.69) is 0 Å². The summed E-state index contributed by atoms with van der Waals surface area (Å²) < 4.78 is 90.0. The molecule has 0 amide bonds. The Bertz CT molecular complexity index is 3190. The molecule has 21 heteroatoms. The van der Waals surface area contributed by atoms with E-state index < -0.39 is 67.2 Å². The molecule has 21 nitrogen and oxygen atoms in total. The van der Waals surface area contributed by atoms with Gasteiger partial charge in [-0.2, -0.15) is 0 Å². The quantitative estimate of drug-likeness (QED) is 0.0288. The van der Waals surface area contributed by atoms with Gasteiger partial charge in [0.05, 0.1) is 71.1 Å². The summed E-state index contributed by atoms with van der Waals surface area (Å²) in [6, 6.07) is 24.4. The highest BCUT2D eigenvalue weighted by molar-refractivity contribution is 5.90. The fraction of sp³-hybridized carbons (Fsp3) is 0.262. The van der Waals surface area contributed by atoms with Crippen LogP contribution in [0, 0.1) is 0 Å². The normalized spacial score (nSPS) is 16.8. The monoisotopic (exact) mass is 1130 g/mol. The van der Waals surface area contributed by atoms with E-state index in [0.29, 0.717) is 85.3 Å². The third-order valence-electron chi connectivity index (χ3n) is 12.1. The number of methoxy groups -OCH3 is 10. The van der Waals surface area contributed by atoms with E-state index in [1.807, 2.05) is 0 Å². The second kappa shape index (κ2) is 30.5. The second-order valence-electron chi connectivity index (χ2n) is 17.1. The lowest BCUT2D eigenvalue weighted by Crippen LogP contribution is -2.63. The maximum atomic E-state index is 14.2. The first-order chi connectivity index (χ1) is 39.7. The van der Waals surface area contributed by atoms with Gasteiger partial charge in [0.2, 0.25) is 12.4 Å². The highest BCUT2D eigenvalue weighted by atomic mass is 16.7. The van der Waals surface area contributed by atoms with Crippen molar-refractivity contribution in [1.82, 2.24) is 0 Å². The van der Waals surface area contributed by atoms with Crippen LogP contribution in [0.25, 0.3) is 30.4 Å². The number of hydrogen-bond donors (Lipinski definition) is 0. The Morgan fingerprint density at radius 3 is 0.878 bits per heavy atom. The molecule has 1 heterocycles. The van der Waals surface area contributed by atoms with E-state index in [1.54, 1.807) is 91.0 Å². The van der Waals surface area contributed by atoms with Gasteiger partial charge < -0.3 is 75.8 Å². The number of benzene rings is 5. The largest absolute Gasteiger partial charge is 0.493 e. The molecular weight excluding hydrogens is 1070 g/mol. The van der Waals surface area contributed by atoms with Crippen LogP contribution in [0.15, 0.2) is 121 Å². The van der Waals surface area contributed by atoms with Gasteiger partial charge >= 0.3 is 29.8 Å². The molecule has 5 atom stereocenters. The van der Waals surface area contributed by atoms with Crippen LogP contribution in [0.2, 0.25) is 0 Å². The van der Waals surface area contributed by atoms with Gasteiger partial charge in [-0.3, -0.25) is 0 Å². The summed E-state index contributed by atoms with van der Waals surface area (Å²) in [5, 5.41) is 0. The molecule has 0 aliphatic carbocycles. The van der Waals surface area contributed by atoms with Crippen molar-refractivity contribution in [3.63, 3.8) is 0 Å². The number of esters is 5. The summed E-state index contributed by atoms with van der Waals surface area (Å²) >= 11 is 0. The molecule has 432 valence electrons. The summed E-state index contributed by atoms with van der Waals surface area (Å²) in [5.41, 5.74) is 2.42. The molecule has 0 spiro atoms. The zero-order chi connectivity index (χ0) is 59.1. The standard InChI is InChI=1S/C61H62O21/c1-67-42-21-11-37(31-47(42)72-6)16-26-53(62)77-36-52-58(79-54(63)27-17-38-12-22-43(68-2)48(32-38)73-7)59(80-55(64)28-18-39-13-23-44(69-3)49(33-39)74-8)60(81-56(65)29-19-40-14-24-45(70-4)50(34-40)75-9)61(78-52)82-57(66)30-20-41-15-25-46(71-5)51(35-41)76-10/h11-35,52,58-61H,36H2,1-10H3/b26-16+,27-17+,28-18+,29-19+,30-20+/t52-,58+,59+,60+,61-/m1/s1. The summed E-state index contributed by atoms with van der Waals surface area (Å²) in [7, 11) is 14.6. The fourth-order valence-corrected chi connectivity index (χ4v) is 8.00. The molecule has 0 bridgehead atoms. The first kappa shape index (κ1) is 61.3. The topological polar surface area (TPSA) is 233 Å². The first-order valence-electron chi connectivity index (χ1n) is 24.9. The minimum atomic E-state index is -1.98. The van der Waals surface area contributed by atoms with Crippen molar-refractivity contribution in [3.05, 3.63) is 149 Å². The lowest BCUT2D eigenvalue weighted by Gasteiger charge is -2.43. The van der Waals surface area contributed by atoms with Crippen molar-refractivity contribution in [2.45, 2.75) is 30.7 Å². The van der Waals surface area contributed by atoms with Crippen LogP contribution in [0.5, 0.6) is 57.5 Å². The minimum absolute atomic E-state index is 0.351. The Morgan fingerprint density at radius 2 is 0.585 bits per heavy atom. The molecule has 1 aliphatic heterocycles. The van der Waals surface area contributed by atoms with Gasteiger partial charge in [0.15, 0.2) is 69.7 Å². The number of carbonyl (C=O) groups excluding carboxylic acids is 5. The van der Waals surface area contributed by atoms with Crippen molar-refractivity contribution < 1.29 is 99.8 Å². The first-order valence-corrected chi connectivity index (χ1v) is 24.9. The highest BCUT2D eigenvalue weighted by Crippen LogP contribution is 2.35. The average Bonchev–Trinajstić information content (AvgIpc) is 3.54. The van der Waals surface area contributed by atoms with Gasteiger partial charge in [0.25, 0.3) is 0 Å². The molecule has 1 fully saturated rings. The van der Waals surface area contributed by atoms with E-state index in [-0.39, 0.29) is 0 Å². The van der Waals surface area contributed by atoms with Gasteiger partial charge in [-0.15, -0.1) is 0 Å². The van der Waals surface area contributed by atoms with Gasteiger partial charge in [-0.25, -0.2) is 24.0 Å². The van der Waals surface area contributed by atoms with Crippen molar-refractivity contribution in [2.24, 2.45) is 0 Å². The summed E-state index contributed by atoms with van der Waals surface area (Å²) in [5.74, 6) is -1.19. The third kappa shape index (κ3) is 16.8. The van der Waals surface area contributed by atoms with E-state index >= 15 is 0 Å². The van der Waals surface area contributed by atoms with Crippen LogP contribution in [-0.2, 0) is 52.4 Å². The van der Waals surface area contributed by atoms with Crippen LogP contribution >= 0.6 is 0 Å². The predicted octanol–water partition coefficient (Wildman–Crippen LogP) is 8.19. The average molecular weight is 1130 g/mol. The maximum absolute atomic E-state index is 14.2. The predicted molar refractivity (Wildman–Crippen MR) is 298 cm³/mol. The van der Waals surface area contributed by atoms with Crippen molar-refractivity contribution >= 4 is 60.2 Å². The summed E-state index contributed by atoms with van der Waals surface area (Å²) in [4.78, 5) is 70.0. The summed E-state index contributed by atoms with van der Waals surface area (Å²) in [6.07, 6.45) is 3.10. The van der Waals surface area contributed by atoms with Crippen molar-refractivity contribution in [3.8, 4) is 57.5 Å². The minimum Gasteiger partial charge on any atom is -0.493 e. The number of ether oxygens (including phenoxy) is 16. The second-order valence-corrected chi connectivity index (χ2v) is 17.1. The van der Waals surface area contributed by atoms with Gasteiger partial charge in [-0.05, 0) is 119 Å². The van der Waals surface area contributed by atoms with Crippen molar-refractivity contribution in [2.75, 3.05) is 77.7 Å². The number of hydrogen-bond acceptors (Lipinski definition) is 21. The van der Waals surface area contributed by atoms with Crippen LogP contribution < -0.4 is 47.4 Å². The van der Waals surface area contributed by atoms with E-state index in [4.69, 9.17) is 75.8 Å². The third-order valence-corrected chi connectivity index (χ3v) is 12.1. The van der Waals surface area contributed by atoms with E-state index in [9.17, 15) is 24.0 Å². The number of rotatable bonds is 26. The van der Waals surface area contributed by atoms with Crippen LogP contribution in [-0.4, -0.2) is 138 Å². The fourth-order valence-electron chi connectivity index (χ4n) is 8.00. The van der Waals surface area contributed by atoms with E-state index in [1.165, 1.54) is 101 Å². The molecule has 0 radical (unpaired) electrons. The molecule has 1 saturated heterocycles. The molecule has 82 heavy (non-hydrogen) atoms. The molecule has 0 saturated carbocycles. The molecule has 0 aromatic heterocycles. The number of carbonyl (C=O) groups is 5. The molecule has 5 aromatic rings. The van der Waals surface area contributed by atoms with Crippen LogP contribution in [0.1, 0.15) is 27.8 Å². The molecule has 1 aliphatic rings. The SMILES string of the molecule is COc1ccc(/C=C/C(=O)OC[C@H]2O[C@H](OC(=O)/C=C/c3ccc(OC)c(OC)c3)[C@@H](OC(=O)/C=C/c3ccc(OC)c(OC)c3)[C@@H](OC(=O)/C=C/c3ccc(OC)c(OC)c3)[C@H]2OC(=O)/C=C/c2ccc(OC)c(OC)c2)cc1OC. The van der Waals surface area contributed by atoms with Crippen LogP contribution in [0.4, 0.5) is 0 Å². The molecular formula is C61H62O21. The molecule has 0 unspecified atom stereocenters. The Balaban J connectivity index is 1.44. The Labute approximate surface area is 473 Å². The maximum Gasteiger partial charge on any atom is 0.333 e. The zero-order valence-electron chi connectivity index (χ0n) is 46.6. The van der Waals surface area contributed by atoms with E-state index in [0.717, 1.165) is 30.4 Å². The zero-order valence-corrected chi connectivity index (χ0v) is 46.6. The molecule has 0 N–H and O–H groups in total. The molecule has 5 aromatic carbocycles.